The molecule has 1 aromatic carbocycles. The van der Waals surface area contributed by atoms with Gasteiger partial charge in [-0.15, -0.1) is 0 Å². The van der Waals surface area contributed by atoms with E-state index in [0.717, 1.165) is 17.0 Å². The van der Waals surface area contributed by atoms with Gasteiger partial charge in [-0.2, -0.15) is 0 Å². The summed E-state index contributed by atoms with van der Waals surface area (Å²) in [6.07, 6.45) is 3.60. The van der Waals surface area contributed by atoms with Crippen LogP contribution in [0.1, 0.15) is 17.3 Å². The normalized spacial score (nSPS) is 17.5. The summed E-state index contributed by atoms with van der Waals surface area (Å²) in [5, 5.41) is 6.13. The van der Waals surface area contributed by atoms with Gasteiger partial charge < -0.3 is 14.6 Å². The molecule has 0 spiro atoms. The Morgan fingerprint density at radius 3 is 3.19 bits per heavy atom. The van der Waals surface area contributed by atoms with E-state index in [9.17, 15) is 4.79 Å². The van der Waals surface area contributed by atoms with E-state index in [1.807, 2.05) is 42.1 Å². The van der Waals surface area contributed by atoms with Crippen molar-refractivity contribution in [1.29, 1.82) is 0 Å². The predicted molar refractivity (Wildman–Crippen MR) is 77.7 cm³/mol. The first-order chi connectivity index (χ1) is 10.2. The SMILES string of the molecule is Cn1cnc(CNC(=O)C2NCCOc3ccccc32)c1. The zero-order chi connectivity index (χ0) is 14.7. The van der Waals surface area contributed by atoms with Crippen LogP contribution in [0.4, 0.5) is 0 Å². The lowest BCUT2D eigenvalue weighted by Crippen LogP contribution is -2.37. The van der Waals surface area contributed by atoms with Crippen molar-refractivity contribution < 1.29 is 9.53 Å². The van der Waals surface area contributed by atoms with Gasteiger partial charge in [0.1, 0.15) is 18.4 Å². The Kier molecular flexibility index (Phi) is 3.87. The Morgan fingerprint density at radius 1 is 1.52 bits per heavy atom. The number of ether oxygens (including phenoxy) is 1. The van der Waals surface area contributed by atoms with Crippen molar-refractivity contribution in [2.45, 2.75) is 12.6 Å². The van der Waals surface area contributed by atoms with Crippen LogP contribution in [0.15, 0.2) is 36.8 Å². The summed E-state index contributed by atoms with van der Waals surface area (Å²) in [6, 6.07) is 7.23. The lowest BCUT2D eigenvalue weighted by molar-refractivity contribution is -0.123. The molecule has 110 valence electrons. The Bertz CT molecular complexity index is 638. The number of carbonyl (C=O) groups is 1. The molecular formula is C15H18N4O2. The van der Waals surface area contributed by atoms with Crippen LogP contribution in [0.25, 0.3) is 0 Å². The summed E-state index contributed by atoms with van der Waals surface area (Å²) in [4.78, 5) is 16.6. The molecular weight excluding hydrogens is 268 g/mol. The fraction of sp³-hybridized carbons (Fsp3) is 0.333. The second-order valence-electron chi connectivity index (χ2n) is 5.02. The number of carbonyl (C=O) groups excluding carboxylic acids is 1. The van der Waals surface area contributed by atoms with Gasteiger partial charge in [0, 0.05) is 25.4 Å². The van der Waals surface area contributed by atoms with Gasteiger partial charge in [-0.05, 0) is 6.07 Å². The van der Waals surface area contributed by atoms with Crippen LogP contribution < -0.4 is 15.4 Å². The molecule has 0 aliphatic carbocycles. The van der Waals surface area contributed by atoms with Crippen molar-refractivity contribution in [3.8, 4) is 5.75 Å². The monoisotopic (exact) mass is 286 g/mol. The number of para-hydroxylation sites is 1. The van der Waals surface area contributed by atoms with Gasteiger partial charge >= 0.3 is 0 Å². The number of fused-ring (bicyclic) bond motifs is 1. The first kappa shape index (κ1) is 13.6. The third-order valence-electron chi connectivity index (χ3n) is 3.40. The third kappa shape index (κ3) is 3.05. The fourth-order valence-corrected chi connectivity index (χ4v) is 2.40. The molecule has 6 heteroatoms. The zero-order valence-corrected chi connectivity index (χ0v) is 11.9. The van der Waals surface area contributed by atoms with E-state index in [-0.39, 0.29) is 5.91 Å². The maximum atomic E-state index is 12.4. The average molecular weight is 286 g/mol. The van der Waals surface area contributed by atoms with Crippen molar-refractivity contribution >= 4 is 5.91 Å². The highest BCUT2D eigenvalue weighted by Gasteiger charge is 2.25. The minimum absolute atomic E-state index is 0.0707. The van der Waals surface area contributed by atoms with Crippen molar-refractivity contribution in [1.82, 2.24) is 20.2 Å². The molecule has 0 fully saturated rings. The number of imidazole rings is 1. The molecule has 1 unspecified atom stereocenters. The van der Waals surface area contributed by atoms with Crippen molar-refractivity contribution in [2.24, 2.45) is 7.05 Å². The average Bonchev–Trinajstić information content (AvgIpc) is 2.79. The number of amides is 1. The van der Waals surface area contributed by atoms with Gasteiger partial charge in [-0.25, -0.2) is 4.98 Å². The maximum Gasteiger partial charge on any atom is 0.242 e. The fourth-order valence-electron chi connectivity index (χ4n) is 2.40. The van der Waals surface area contributed by atoms with Gasteiger partial charge in [-0.1, -0.05) is 18.2 Å². The zero-order valence-electron chi connectivity index (χ0n) is 11.9. The van der Waals surface area contributed by atoms with E-state index in [2.05, 4.69) is 15.6 Å². The highest BCUT2D eigenvalue weighted by molar-refractivity contribution is 5.84. The molecule has 2 N–H and O–H groups in total. The smallest absolute Gasteiger partial charge is 0.242 e. The predicted octanol–water partition coefficient (Wildman–Crippen LogP) is 0.760. The van der Waals surface area contributed by atoms with Crippen LogP contribution in [0.3, 0.4) is 0 Å². The first-order valence-corrected chi connectivity index (χ1v) is 6.94. The van der Waals surface area contributed by atoms with E-state index in [4.69, 9.17) is 4.74 Å². The molecule has 1 aromatic heterocycles. The molecule has 1 aliphatic rings. The van der Waals surface area contributed by atoms with Gasteiger partial charge in [-0.3, -0.25) is 10.1 Å². The minimum Gasteiger partial charge on any atom is -0.492 e. The summed E-state index contributed by atoms with van der Waals surface area (Å²) >= 11 is 0. The summed E-state index contributed by atoms with van der Waals surface area (Å²) in [5.41, 5.74) is 1.71. The van der Waals surface area contributed by atoms with Crippen LogP contribution >= 0.6 is 0 Å². The molecule has 6 nitrogen and oxygen atoms in total. The van der Waals surface area contributed by atoms with Gasteiger partial charge in [0.2, 0.25) is 5.91 Å². The number of nitrogens with one attached hydrogen (secondary N) is 2. The van der Waals surface area contributed by atoms with E-state index in [0.29, 0.717) is 19.7 Å². The molecule has 0 bridgehead atoms. The molecule has 2 aromatic rings. The molecule has 1 aliphatic heterocycles. The lowest BCUT2D eigenvalue weighted by Gasteiger charge is -2.16. The van der Waals surface area contributed by atoms with Crippen LogP contribution in [-0.2, 0) is 18.4 Å². The maximum absolute atomic E-state index is 12.4. The number of aromatic nitrogens is 2. The van der Waals surface area contributed by atoms with E-state index in [1.165, 1.54) is 0 Å². The quantitative estimate of drug-likeness (QED) is 0.874. The third-order valence-corrected chi connectivity index (χ3v) is 3.40. The molecule has 3 rings (SSSR count). The van der Waals surface area contributed by atoms with E-state index < -0.39 is 6.04 Å². The molecule has 21 heavy (non-hydrogen) atoms. The highest BCUT2D eigenvalue weighted by Crippen LogP contribution is 2.26. The summed E-state index contributed by atoms with van der Waals surface area (Å²) in [6.45, 7) is 1.61. The van der Waals surface area contributed by atoms with Gasteiger partial charge in [0.15, 0.2) is 0 Å². The Balaban J connectivity index is 1.72. The Labute approximate surface area is 123 Å². The van der Waals surface area contributed by atoms with Crippen LogP contribution in [0, 0.1) is 0 Å². The van der Waals surface area contributed by atoms with Crippen LogP contribution in [0.2, 0.25) is 0 Å². The number of hydrogen-bond acceptors (Lipinski definition) is 4. The Hall–Kier alpha value is -2.34. The molecule has 0 saturated heterocycles. The lowest BCUT2D eigenvalue weighted by atomic mass is 10.1. The Morgan fingerprint density at radius 2 is 2.38 bits per heavy atom. The molecule has 0 saturated carbocycles. The second kappa shape index (κ2) is 5.97. The summed E-state index contributed by atoms with van der Waals surface area (Å²) in [7, 11) is 1.90. The van der Waals surface area contributed by atoms with Gasteiger partial charge in [0.25, 0.3) is 0 Å². The number of aryl methyl sites for hydroxylation is 1. The van der Waals surface area contributed by atoms with E-state index >= 15 is 0 Å². The number of hydrogen-bond donors (Lipinski definition) is 2. The molecule has 1 atom stereocenters. The topological polar surface area (TPSA) is 68.2 Å². The summed E-state index contributed by atoms with van der Waals surface area (Å²) in [5.74, 6) is 0.694. The van der Waals surface area contributed by atoms with Crippen LogP contribution in [-0.4, -0.2) is 28.6 Å². The van der Waals surface area contributed by atoms with E-state index in [1.54, 1.807) is 6.33 Å². The van der Waals surface area contributed by atoms with Crippen molar-refractivity contribution in [3.05, 3.63) is 48.0 Å². The minimum atomic E-state index is -0.396. The summed E-state index contributed by atoms with van der Waals surface area (Å²) < 4.78 is 7.49. The first-order valence-electron chi connectivity index (χ1n) is 6.94. The van der Waals surface area contributed by atoms with Crippen molar-refractivity contribution in [2.75, 3.05) is 13.2 Å². The van der Waals surface area contributed by atoms with Gasteiger partial charge in [0.05, 0.1) is 18.6 Å². The number of rotatable bonds is 3. The highest BCUT2D eigenvalue weighted by atomic mass is 16.5. The standard InChI is InChI=1S/C15H18N4O2/c1-19-9-11(18-10-19)8-17-15(20)14-12-4-2-3-5-13(12)21-7-6-16-14/h2-5,9-10,14,16H,6-8H2,1H3,(H,17,20). The largest absolute Gasteiger partial charge is 0.492 e. The second-order valence-corrected chi connectivity index (χ2v) is 5.02. The van der Waals surface area contributed by atoms with Crippen LogP contribution in [0.5, 0.6) is 5.75 Å². The molecule has 0 radical (unpaired) electrons. The molecule has 1 amide bonds. The van der Waals surface area contributed by atoms with Crippen molar-refractivity contribution in [3.63, 3.8) is 0 Å². The number of nitrogens with zero attached hydrogens (tertiary/aromatic N) is 2. The number of benzene rings is 1. The molecule has 2 heterocycles.